The Hall–Kier alpha value is -2.61. The number of carbonyl (C=O) groups is 1. The Kier molecular flexibility index (Phi) is 5.99. The maximum atomic E-state index is 12.8. The molecular weight excluding hydrogens is 415 g/mol. The van der Waals surface area contributed by atoms with E-state index in [1.54, 1.807) is 23.1 Å². The highest BCUT2D eigenvalue weighted by Crippen LogP contribution is 2.30. The third-order valence-corrected chi connectivity index (χ3v) is 5.12. The van der Waals surface area contributed by atoms with E-state index in [1.165, 1.54) is 0 Å². The maximum absolute atomic E-state index is 12.8. The minimum absolute atomic E-state index is 0.0650. The monoisotopic (exact) mass is 432 g/mol. The third kappa shape index (κ3) is 4.53. The second kappa shape index (κ2) is 8.82. The molecule has 2 heterocycles. The lowest BCUT2D eigenvalue weighted by molar-refractivity contribution is -0.137. The van der Waals surface area contributed by atoms with Gasteiger partial charge in [0.25, 0.3) is 11.8 Å². The Balaban J connectivity index is 1.50. The summed E-state index contributed by atoms with van der Waals surface area (Å²) < 4.78 is 11.1. The molecule has 2 aromatic carbocycles. The van der Waals surface area contributed by atoms with Gasteiger partial charge < -0.3 is 19.5 Å². The smallest absolute Gasteiger partial charge is 0.261 e. The van der Waals surface area contributed by atoms with E-state index in [1.807, 2.05) is 30.3 Å². The number of amides is 1. The Bertz CT molecular complexity index is 996. The molecule has 0 bridgehead atoms. The first-order chi connectivity index (χ1) is 14.1. The van der Waals surface area contributed by atoms with E-state index in [0.717, 1.165) is 0 Å². The fraction of sp³-hybridized carbons (Fsp3) is 0.250. The summed E-state index contributed by atoms with van der Waals surface area (Å²) in [5.74, 6) is 1.18. The first kappa shape index (κ1) is 19.7. The zero-order valence-electron chi connectivity index (χ0n) is 15.3. The van der Waals surface area contributed by atoms with Crippen molar-refractivity contribution in [3.63, 3.8) is 0 Å². The molecule has 7 nitrogen and oxygen atoms in total. The van der Waals surface area contributed by atoms with Crippen molar-refractivity contribution in [1.29, 1.82) is 0 Å². The number of carbonyl (C=O) groups excluding carboxylic acids is 1. The van der Waals surface area contributed by atoms with Crippen molar-refractivity contribution in [2.45, 2.75) is 6.04 Å². The van der Waals surface area contributed by atoms with Gasteiger partial charge in [-0.15, -0.1) is 0 Å². The molecule has 0 aliphatic carbocycles. The normalized spacial score (nSPS) is 16.6. The fourth-order valence-corrected chi connectivity index (χ4v) is 3.61. The predicted molar refractivity (Wildman–Crippen MR) is 109 cm³/mol. The molecule has 1 saturated heterocycles. The van der Waals surface area contributed by atoms with E-state index in [-0.39, 0.29) is 18.6 Å². The second-order valence-electron chi connectivity index (χ2n) is 6.49. The van der Waals surface area contributed by atoms with Gasteiger partial charge in [-0.3, -0.25) is 4.79 Å². The van der Waals surface area contributed by atoms with E-state index >= 15 is 0 Å². The molecule has 150 valence electrons. The number of hydrogen-bond donors (Lipinski definition) is 1. The van der Waals surface area contributed by atoms with Crippen molar-refractivity contribution in [2.75, 3.05) is 26.2 Å². The van der Waals surface area contributed by atoms with Crippen molar-refractivity contribution >= 4 is 29.1 Å². The number of piperazine rings is 1. The zero-order chi connectivity index (χ0) is 20.2. The molecule has 29 heavy (non-hydrogen) atoms. The van der Waals surface area contributed by atoms with E-state index < -0.39 is 0 Å². The van der Waals surface area contributed by atoms with Gasteiger partial charge in [-0.2, -0.15) is 4.98 Å². The van der Waals surface area contributed by atoms with Gasteiger partial charge >= 0.3 is 0 Å². The van der Waals surface area contributed by atoms with Crippen LogP contribution in [-0.2, 0) is 4.79 Å². The average Bonchev–Trinajstić information content (AvgIpc) is 3.22. The Labute approximate surface area is 177 Å². The summed E-state index contributed by atoms with van der Waals surface area (Å²) in [5.41, 5.74) is 0.611. The fourth-order valence-electron chi connectivity index (χ4n) is 3.12. The topological polar surface area (TPSA) is 80.5 Å². The number of halogens is 2. The molecule has 1 aliphatic rings. The van der Waals surface area contributed by atoms with Crippen molar-refractivity contribution < 1.29 is 14.1 Å². The minimum Gasteiger partial charge on any atom is -0.484 e. The summed E-state index contributed by atoms with van der Waals surface area (Å²) >= 11 is 12.2. The van der Waals surface area contributed by atoms with Crippen LogP contribution < -0.4 is 10.1 Å². The van der Waals surface area contributed by atoms with Crippen molar-refractivity contribution in [1.82, 2.24) is 20.4 Å². The van der Waals surface area contributed by atoms with Gasteiger partial charge in [0.1, 0.15) is 11.8 Å². The van der Waals surface area contributed by atoms with Gasteiger partial charge in [-0.25, -0.2) is 0 Å². The number of para-hydroxylation sites is 1. The van der Waals surface area contributed by atoms with Gasteiger partial charge in [-0.1, -0.05) is 46.6 Å². The quantitative estimate of drug-likeness (QED) is 0.663. The maximum Gasteiger partial charge on any atom is 0.261 e. The molecule has 0 saturated carbocycles. The highest BCUT2D eigenvalue weighted by molar-refractivity contribution is 6.36. The van der Waals surface area contributed by atoms with E-state index in [2.05, 4.69) is 15.5 Å². The van der Waals surface area contributed by atoms with Gasteiger partial charge in [0.05, 0.1) is 5.02 Å². The van der Waals surface area contributed by atoms with Gasteiger partial charge in [0, 0.05) is 30.2 Å². The highest BCUT2D eigenvalue weighted by atomic mass is 35.5. The van der Waals surface area contributed by atoms with Crippen LogP contribution in [-0.4, -0.2) is 47.2 Å². The van der Waals surface area contributed by atoms with E-state index in [4.69, 9.17) is 32.5 Å². The summed E-state index contributed by atoms with van der Waals surface area (Å²) in [6, 6.07) is 13.9. The molecule has 4 rings (SSSR count). The van der Waals surface area contributed by atoms with Gasteiger partial charge in [0.2, 0.25) is 5.82 Å². The first-order valence-corrected chi connectivity index (χ1v) is 9.84. The number of nitrogens with one attached hydrogen (secondary N) is 1. The lowest BCUT2D eigenvalue weighted by Crippen LogP contribution is -2.50. The molecule has 1 unspecified atom stereocenters. The van der Waals surface area contributed by atoms with Crippen LogP contribution in [0.3, 0.4) is 0 Å². The van der Waals surface area contributed by atoms with Crippen molar-refractivity contribution in [2.24, 2.45) is 0 Å². The van der Waals surface area contributed by atoms with Crippen LogP contribution in [0, 0.1) is 0 Å². The second-order valence-corrected chi connectivity index (χ2v) is 7.33. The van der Waals surface area contributed by atoms with Crippen LogP contribution in [0.4, 0.5) is 0 Å². The number of nitrogens with zero attached hydrogens (tertiary/aromatic N) is 3. The molecule has 1 aliphatic heterocycles. The standard InChI is InChI=1S/C20H18Cl2N4O3/c21-13-6-7-15(16(22)10-13)19-24-20(29-25-19)17-11-23-8-9-26(17)18(27)12-28-14-4-2-1-3-5-14/h1-7,10,17,23H,8-9,11-12H2. The van der Waals surface area contributed by atoms with Crippen molar-refractivity contribution in [3.05, 3.63) is 64.5 Å². The highest BCUT2D eigenvalue weighted by Gasteiger charge is 2.32. The molecule has 1 fully saturated rings. The Morgan fingerprint density at radius 3 is 2.86 bits per heavy atom. The first-order valence-electron chi connectivity index (χ1n) is 9.09. The molecule has 9 heteroatoms. The van der Waals surface area contributed by atoms with Crippen LogP contribution in [0.2, 0.25) is 10.0 Å². The summed E-state index contributed by atoms with van der Waals surface area (Å²) in [6.07, 6.45) is 0. The van der Waals surface area contributed by atoms with Crippen molar-refractivity contribution in [3.8, 4) is 17.1 Å². The SMILES string of the molecule is O=C(COc1ccccc1)N1CCNCC1c1nc(-c2ccc(Cl)cc2Cl)no1. The largest absolute Gasteiger partial charge is 0.484 e. The molecule has 0 radical (unpaired) electrons. The average molecular weight is 433 g/mol. The molecular formula is C20H18Cl2N4O3. The third-order valence-electron chi connectivity index (χ3n) is 4.57. The number of aromatic nitrogens is 2. The van der Waals surface area contributed by atoms with Gasteiger partial charge in [0.15, 0.2) is 6.61 Å². The number of rotatable bonds is 5. The lowest BCUT2D eigenvalue weighted by atomic mass is 10.2. The molecule has 1 N–H and O–H groups in total. The number of ether oxygens (including phenoxy) is 1. The molecule has 0 spiro atoms. The number of hydrogen-bond acceptors (Lipinski definition) is 6. The predicted octanol–water partition coefficient (Wildman–Crippen LogP) is 3.60. The van der Waals surface area contributed by atoms with E-state index in [0.29, 0.717) is 52.7 Å². The van der Waals surface area contributed by atoms with Crippen LogP contribution >= 0.6 is 23.2 Å². The number of benzene rings is 2. The molecule has 3 aromatic rings. The van der Waals surface area contributed by atoms with Crippen LogP contribution in [0.5, 0.6) is 5.75 Å². The molecule has 1 atom stereocenters. The summed E-state index contributed by atoms with van der Waals surface area (Å²) in [5, 5.41) is 8.23. The van der Waals surface area contributed by atoms with Gasteiger partial charge in [-0.05, 0) is 30.3 Å². The Morgan fingerprint density at radius 1 is 1.24 bits per heavy atom. The Morgan fingerprint density at radius 2 is 2.07 bits per heavy atom. The summed E-state index contributed by atoms with van der Waals surface area (Å²) in [6.45, 7) is 1.64. The van der Waals surface area contributed by atoms with E-state index in [9.17, 15) is 4.79 Å². The molecule has 1 aromatic heterocycles. The van der Waals surface area contributed by atoms with Crippen LogP contribution in [0.25, 0.3) is 11.4 Å². The zero-order valence-corrected chi connectivity index (χ0v) is 16.9. The van der Waals surface area contributed by atoms with Crippen LogP contribution in [0.1, 0.15) is 11.9 Å². The minimum atomic E-state index is -0.386. The lowest BCUT2D eigenvalue weighted by Gasteiger charge is -2.33. The van der Waals surface area contributed by atoms with Crippen LogP contribution in [0.15, 0.2) is 53.1 Å². The molecule has 1 amide bonds. The summed E-state index contributed by atoms with van der Waals surface area (Å²) in [7, 11) is 0. The summed E-state index contributed by atoms with van der Waals surface area (Å²) in [4.78, 5) is 18.9.